The molecule has 5 heteroatoms. The van der Waals surface area contributed by atoms with E-state index < -0.39 is 0 Å². The predicted molar refractivity (Wildman–Crippen MR) is 84.9 cm³/mol. The Morgan fingerprint density at radius 3 is 2.48 bits per heavy atom. The molecule has 0 aliphatic carbocycles. The van der Waals surface area contributed by atoms with E-state index in [1.54, 1.807) is 31.2 Å². The third-order valence-corrected chi connectivity index (χ3v) is 3.37. The van der Waals surface area contributed by atoms with E-state index in [1.165, 1.54) is 0 Å². The average Bonchev–Trinajstić information content (AvgIpc) is 2.50. The summed E-state index contributed by atoms with van der Waals surface area (Å²) in [6, 6.07) is 14.5. The number of methoxy groups -OCH3 is 1. The first-order chi connectivity index (χ1) is 10.1. The molecular formula is C16H17ClN2O2. The second kappa shape index (κ2) is 6.99. The van der Waals surface area contributed by atoms with Crippen molar-refractivity contribution in [2.75, 3.05) is 19.5 Å². The van der Waals surface area contributed by atoms with Gasteiger partial charge in [0.25, 0.3) is 0 Å². The summed E-state index contributed by atoms with van der Waals surface area (Å²) in [7, 11) is 3.36. The highest BCUT2D eigenvalue weighted by Crippen LogP contribution is 2.21. The third-order valence-electron chi connectivity index (χ3n) is 3.04. The number of para-hydroxylation sites is 1. The normalized spacial score (nSPS) is 10.0. The summed E-state index contributed by atoms with van der Waals surface area (Å²) < 4.78 is 5.11. The number of halogens is 1. The van der Waals surface area contributed by atoms with Crippen LogP contribution in [-0.2, 0) is 6.54 Å². The Kier molecular flexibility index (Phi) is 5.06. The van der Waals surface area contributed by atoms with Crippen molar-refractivity contribution in [2.45, 2.75) is 6.54 Å². The van der Waals surface area contributed by atoms with E-state index in [4.69, 9.17) is 16.3 Å². The molecule has 4 nitrogen and oxygen atoms in total. The molecule has 0 fully saturated rings. The molecule has 1 N–H and O–H groups in total. The maximum atomic E-state index is 12.1. The molecule has 0 atom stereocenters. The van der Waals surface area contributed by atoms with E-state index >= 15 is 0 Å². The lowest BCUT2D eigenvalue weighted by atomic mass is 10.2. The average molecular weight is 305 g/mol. The van der Waals surface area contributed by atoms with Gasteiger partial charge in [-0.15, -0.1) is 0 Å². The molecule has 2 amide bonds. The zero-order valence-corrected chi connectivity index (χ0v) is 12.7. The van der Waals surface area contributed by atoms with Crippen LogP contribution in [0.25, 0.3) is 0 Å². The van der Waals surface area contributed by atoms with E-state index in [1.807, 2.05) is 36.4 Å². The summed E-state index contributed by atoms with van der Waals surface area (Å²) in [5, 5.41) is 3.30. The van der Waals surface area contributed by atoms with Crippen LogP contribution in [0.3, 0.4) is 0 Å². The molecule has 0 saturated heterocycles. The minimum absolute atomic E-state index is 0.209. The first-order valence-corrected chi connectivity index (χ1v) is 6.87. The van der Waals surface area contributed by atoms with E-state index in [0.717, 1.165) is 11.3 Å². The molecule has 21 heavy (non-hydrogen) atoms. The largest absolute Gasteiger partial charge is 0.497 e. The number of carbonyl (C=O) groups is 1. The van der Waals surface area contributed by atoms with Crippen LogP contribution in [0.15, 0.2) is 48.5 Å². The summed E-state index contributed by atoms with van der Waals surface area (Å²) in [5.41, 5.74) is 1.62. The minimum atomic E-state index is -0.209. The molecule has 0 aliphatic heterocycles. The minimum Gasteiger partial charge on any atom is -0.497 e. The maximum Gasteiger partial charge on any atom is 0.321 e. The van der Waals surface area contributed by atoms with Crippen molar-refractivity contribution in [1.82, 2.24) is 4.90 Å². The zero-order valence-electron chi connectivity index (χ0n) is 12.0. The van der Waals surface area contributed by atoms with Gasteiger partial charge in [-0.1, -0.05) is 35.9 Å². The van der Waals surface area contributed by atoms with Crippen molar-refractivity contribution in [3.05, 3.63) is 59.1 Å². The Hall–Kier alpha value is -2.20. The number of rotatable bonds is 4. The van der Waals surface area contributed by atoms with Crippen molar-refractivity contribution < 1.29 is 9.53 Å². The van der Waals surface area contributed by atoms with E-state index in [-0.39, 0.29) is 6.03 Å². The number of carbonyl (C=O) groups excluding carboxylic acids is 1. The third kappa shape index (κ3) is 4.13. The van der Waals surface area contributed by atoms with Gasteiger partial charge in [-0.25, -0.2) is 4.79 Å². The second-order valence-corrected chi connectivity index (χ2v) is 5.02. The number of hydrogen-bond donors (Lipinski definition) is 1. The molecule has 0 heterocycles. The molecule has 0 aromatic heterocycles. The molecular weight excluding hydrogens is 288 g/mol. The SMILES string of the molecule is COc1ccc(CN(C)C(=O)Nc2ccccc2Cl)cc1. The van der Waals surface area contributed by atoms with Gasteiger partial charge < -0.3 is 15.0 Å². The molecule has 2 aromatic rings. The van der Waals surface area contributed by atoms with E-state index in [0.29, 0.717) is 17.3 Å². The fraction of sp³-hybridized carbons (Fsp3) is 0.188. The van der Waals surface area contributed by atoms with Gasteiger partial charge in [-0.2, -0.15) is 0 Å². The van der Waals surface area contributed by atoms with Crippen LogP contribution in [0.4, 0.5) is 10.5 Å². The Labute approximate surface area is 129 Å². The van der Waals surface area contributed by atoms with Crippen LogP contribution in [0.2, 0.25) is 5.02 Å². The Bertz CT molecular complexity index is 614. The number of anilines is 1. The van der Waals surface area contributed by atoms with E-state index in [2.05, 4.69) is 5.32 Å². The molecule has 0 bridgehead atoms. The number of nitrogens with zero attached hydrogens (tertiary/aromatic N) is 1. The molecule has 0 aliphatic rings. The molecule has 2 aromatic carbocycles. The topological polar surface area (TPSA) is 41.6 Å². The van der Waals surface area contributed by atoms with Crippen LogP contribution in [-0.4, -0.2) is 25.1 Å². The Balaban J connectivity index is 1.97. The first kappa shape index (κ1) is 15.2. The number of nitrogens with one attached hydrogen (secondary N) is 1. The van der Waals surface area contributed by atoms with Crippen LogP contribution in [0.1, 0.15) is 5.56 Å². The van der Waals surface area contributed by atoms with Crippen molar-refractivity contribution in [1.29, 1.82) is 0 Å². The van der Waals surface area contributed by atoms with Crippen molar-refractivity contribution in [3.8, 4) is 5.75 Å². The van der Waals surface area contributed by atoms with Gasteiger partial charge in [-0.05, 0) is 29.8 Å². The lowest BCUT2D eigenvalue weighted by Crippen LogP contribution is -2.30. The molecule has 0 saturated carbocycles. The summed E-state index contributed by atoms with van der Waals surface area (Å²) >= 11 is 6.02. The molecule has 110 valence electrons. The number of hydrogen-bond acceptors (Lipinski definition) is 2. The van der Waals surface area contributed by atoms with Crippen molar-refractivity contribution in [2.24, 2.45) is 0 Å². The van der Waals surface area contributed by atoms with Crippen LogP contribution in [0.5, 0.6) is 5.75 Å². The summed E-state index contributed by atoms with van der Waals surface area (Å²) in [5.74, 6) is 0.793. The zero-order chi connectivity index (χ0) is 15.2. The van der Waals surface area contributed by atoms with Crippen LogP contribution >= 0.6 is 11.6 Å². The molecule has 0 spiro atoms. The summed E-state index contributed by atoms with van der Waals surface area (Å²) in [4.78, 5) is 13.7. The van der Waals surface area contributed by atoms with Crippen LogP contribution in [0, 0.1) is 0 Å². The van der Waals surface area contributed by atoms with Gasteiger partial charge in [0.2, 0.25) is 0 Å². The standard InChI is InChI=1S/C16H17ClN2O2/c1-19(11-12-7-9-13(21-2)10-8-12)16(20)18-15-6-4-3-5-14(15)17/h3-10H,11H2,1-2H3,(H,18,20). The van der Waals surface area contributed by atoms with Gasteiger partial charge in [-0.3, -0.25) is 0 Å². The summed E-state index contributed by atoms with van der Waals surface area (Å²) in [6.07, 6.45) is 0. The monoisotopic (exact) mass is 304 g/mol. The number of urea groups is 1. The number of benzene rings is 2. The summed E-state index contributed by atoms with van der Waals surface area (Å²) in [6.45, 7) is 0.500. The molecule has 0 unspecified atom stereocenters. The fourth-order valence-corrected chi connectivity index (χ4v) is 2.03. The number of amides is 2. The predicted octanol–water partition coefficient (Wildman–Crippen LogP) is 4.01. The highest BCUT2D eigenvalue weighted by Gasteiger charge is 2.11. The molecule has 2 rings (SSSR count). The van der Waals surface area contributed by atoms with Crippen molar-refractivity contribution >= 4 is 23.3 Å². The molecule has 0 radical (unpaired) electrons. The highest BCUT2D eigenvalue weighted by atomic mass is 35.5. The second-order valence-electron chi connectivity index (χ2n) is 4.61. The quantitative estimate of drug-likeness (QED) is 0.927. The fourth-order valence-electron chi connectivity index (χ4n) is 1.85. The Morgan fingerprint density at radius 1 is 1.19 bits per heavy atom. The Morgan fingerprint density at radius 2 is 1.86 bits per heavy atom. The van der Waals surface area contributed by atoms with Gasteiger partial charge in [0.1, 0.15) is 5.75 Å². The van der Waals surface area contributed by atoms with Gasteiger partial charge in [0, 0.05) is 13.6 Å². The highest BCUT2D eigenvalue weighted by molar-refractivity contribution is 6.33. The van der Waals surface area contributed by atoms with E-state index in [9.17, 15) is 4.79 Å². The maximum absolute atomic E-state index is 12.1. The number of ether oxygens (including phenoxy) is 1. The lowest BCUT2D eigenvalue weighted by molar-refractivity contribution is 0.220. The van der Waals surface area contributed by atoms with Gasteiger partial charge in [0.05, 0.1) is 17.8 Å². The van der Waals surface area contributed by atoms with Gasteiger partial charge in [0.15, 0.2) is 0 Å². The van der Waals surface area contributed by atoms with Crippen LogP contribution < -0.4 is 10.1 Å². The smallest absolute Gasteiger partial charge is 0.321 e. The lowest BCUT2D eigenvalue weighted by Gasteiger charge is -2.18. The first-order valence-electron chi connectivity index (χ1n) is 6.49. The van der Waals surface area contributed by atoms with Gasteiger partial charge >= 0.3 is 6.03 Å². The van der Waals surface area contributed by atoms with Crippen molar-refractivity contribution in [3.63, 3.8) is 0 Å².